The van der Waals surface area contributed by atoms with Gasteiger partial charge < -0.3 is 11.1 Å². The van der Waals surface area contributed by atoms with Crippen LogP contribution in [0.15, 0.2) is 30.3 Å². The fourth-order valence-electron chi connectivity index (χ4n) is 1.69. The van der Waals surface area contributed by atoms with Crippen molar-refractivity contribution < 1.29 is 0 Å². The van der Waals surface area contributed by atoms with E-state index in [1.54, 1.807) is 0 Å². The zero-order chi connectivity index (χ0) is 10.2. The van der Waals surface area contributed by atoms with Crippen LogP contribution in [0.5, 0.6) is 0 Å². The first-order chi connectivity index (χ1) is 6.86. The molecule has 0 bridgehead atoms. The lowest BCUT2D eigenvalue weighted by Crippen LogP contribution is -2.24. The Morgan fingerprint density at radius 2 is 1.56 bits per heavy atom. The number of hydrogen-bond donors (Lipinski definition) is 1. The Morgan fingerprint density at radius 3 is 2.06 bits per heavy atom. The second kappa shape index (κ2) is 11.4. The number of halogens is 1. The molecule has 0 aliphatic heterocycles. The summed E-state index contributed by atoms with van der Waals surface area (Å²) >= 11 is 0. The van der Waals surface area contributed by atoms with Crippen molar-refractivity contribution >= 4 is 24.0 Å². The quantitative estimate of drug-likeness (QED) is 0.804. The molecule has 0 saturated heterocycles. The van der Waals surface area contributed by atoms with Crippen LogP contribution >= 0.6 is 24.0 Å². The number of benzene rings is 1. The molecule has 1 aromatic carbocycles. The van der Waals surface area contributed by atoms with Gasteiger partial charge in [-0.3, -0.25) is 0 Å². The molecule has 3 N–H and O–H groups in total. The summed E-state index contributed by atoms with van der Waals surface area (Å²) in [7, 11) is 0. The van der Waals surface area contributed by atoms with Crippen molar-refractivity contribution in [2.24, 2.45) is 0 Å². The Labute approximate surface area is 117 Å². The monoisotopic (exact) mass is 336 g/mol. The predicted molar refractivity (Wildman–Crippen MR) is 83.0 cm³/mol. The molecule has 0 aromatic heterocycles. The van der Waals surface area contributed by atoms with Gasteiger partial charge in [-0.15, -0.1) is 24.0 Å². The van der Waals surface area contributed by atoms with Crippen molar-refractivity contribution in [2.75, 3.05) is 19.6 Å². The summed E-state index contributed by atoms with van der Waals surface area (Å²) in [5.74, 6) is 0. The van der Waals surface area contributed by atoms with Crippen LogP contribution < -0.4 is 6.15 Å². The minimum Gasteiger partial charge on any atom is -0.344 e. The van der Waals surface area contributed by atoms with Crippen LogP contribution in [-0.4, -0.2) is 24.5 Å². The van der Waals surface area contributed by atoms with Gasteiger partial charge in [0.1, 0.15) is 0 Å². The molecule has 0 aliphatic rings. The second-order valence-corrected chi connectivity index (χ2v) is 3.62. The highest BCUT2D eigenvalue weighted by Gasteiger charge is 1.98. The third-order valence-electron chi connectivity index (χ3n) is 2.68. The topological polar surface area (TPSA) is 38.2 Å². The van der Waals surface area contributed by atoms with E-state index in [0.29, 0.717) is 0 Å². The van der Waals surface area contributed by atoms with Gasteiger partial charge in [-0.05, 0) is 38.0 Å². The standard InChI is InChI=1S/C13H21N.HI.H3N/c1-3-14(4-2)12-8-11-13-9-6-5-7-10-13;;/h5-7,9-10H,3-4,8,11-12H2,1-2H3;1H;1H3. The molecular weight excluding hydrogens is 311 g/mol. The normalized spacial score (nSPS) is 9.44. The number of nitrogens with zero attached hydrogens (tertiary/aromatic N) is 1. The lowest BCUT2D eigenvalue weighted by Gasteiger charge is -2.17. The van der Waals surface area contributed by atoms with Crippen molar-refractivity contribution in [3.63, 3.8) is 0 Å². The molecule has 0 radical (unpaired) electrons. The summed E-state index contributed by atoms with van der Waals surface area (Å²) in [6, 6.07) is 10.7. The molecule has 2 nitrogen and oxygen atoms in total. The highest BCUT2D eigenvalue weighted by molar-refractivity contribution is 14.0. The third kappa shape index (κ3) is 7.19. The fraction of sp³-hybridized carbons (Fsp3) is 0.538. The lowest BCUT2D eigenvalue weighted by atomic mass is 10.1. The highest BCUT2D eigenvalue weighted by atomic mass is 127. The van der Waals surface area contributed by atoms with Crippen molar-refractivity contribution in [1.29, 1.82) is 0 Å². The van der Waals surface area contributed by atoms with Crippen LogP contribution in [0.2, 0.25) is 0 Å². The molecule has 94 valence electrons. The Morgan fingerprint density at radius 1 is 1.00 bits per heavy atom. The fourth-order valence-corrected chi connectivity index (χ4v) is 1.69. The lowest BCUT2D eigenvalue weighted by molar-refractivity contribution is 0.300. The van der Waals surface area contributed by atoms with Crippen molar-refractivity contribution in [3.8, 4) is 0 Å². The van der Waals surface area contributed by atoms with Crippen LogP contribution in [0.25, 0.3) is 0 Å². The van der Waals surface area contributed by atoms with E-state index in [9.17, 15) is 0 Å². The summed E-state index contributed by atoms with van der Waals surface area (Å²) in [5.41, 5.74) is 1.46. The Hall–Kier alpha value is -0.130. The van der Waals surface area contributed by atoms with Gasteiger partial charge in [0, 0.05) is 0 Å². The maximum atomic E-state index is 2.48. The zero-order valence-corrected chi connectivity index (χ0v) is 12.8. The largest absolute Gasteiger partial charge is 0.344 e. The van der Waals surface area contributed by atoms with Crippen LogP contribution in [0.3, 0.4) is 0 Å². The second-order valence-electron chi connectivity index (χ2n) is 3.62. The van der Waals surface area contributed by atoms with Gasteiger partial charge >= 0.3 is 0 Å². The van der Waals surface area contributed by atoms with Crippen LogP contribution in [-0.2, 0) is 6.42 Å². The van der Waals surface area contributed by atoms with Crippen LogP contribution in [0.4, 0.5) is 0 Å². The highest BCUT2D eigenvalue weighted by Crippen LogP contribution is 2.03. The minimum absolute atomic E-state index is 0. The first-order valence-corrected chi connectivity index (χ1v) is 5.63. The third-order valence-corrected chi connectivity index (χ3v) is 2.68. The maximum Gasteiger partial charge on any atom is -0.00158 e. The zero-order valence-electron chi connectivity index (χ0n) is 10.5. The molecule has 3 heteroatoms. The molecule has 0 saturated carbocycles. The van der Waals surface area contributed by atoms with Gasteiger partial charge in [-0.1, -0.05) is 44.2 Å². The molecular formula is C13H25IN2. The molecule has 16 heavy (non-hydrogen) atoms. The van der Waals surface area contributed by atoms with E-state index in [4.69, 9.17) is 0 Å². The van der Waals surface area contributed by atoms with E-state index in [-0.39, 0.29) is 30.1 Å². The number of aryl methyl sites for hydroxylation is 1. The molecule has 1 aromatic rings. The van der Waals surface area contributed by atoms with Gasteiger partial charge in [0.2, 0.25) is 0 Å². The van der Waals surface area contributed by atoms with Gasteiger partial charge in [-0.25, -0.2) is 0 Å². The number of hydrogen-bond acceptors (Lipinski definition) is 2. The molecule has 0 aliphatic carbocycles. The SMILES string of the molecule is CCN(CC)CCCc1ccccc1.I.N. The molecule has 0 spiro atoms. The van der Waals surface area contributed by atoms with Gasteiger partial charge in [0.05, 0.1) is 0 Å². The van der Waals surface area contributed by atoms with Crippen LogP contribution in [0.1, 0.15) is 25.8 Å². The van der Waals surface area contributed by atoms with E-state index in [2.05, 4.69) is 49.1 Å². The van der Waals surface area contributed by atoms with Gasteiger partial charge in [0.25, 0.3) is 0 Å². The Balaban J connectivity index is 0. The summed E-state index contributed by atoms with van der Waals surface area (Å²) in [4.78, 5) is 2.48. The molecule has 0 amide bonds. The molecule has 1 rings (SSSR count). The van der Waals surface area contributed by atoms with Gasteiger partial charge in [0.15, 0.2) is 0 Å². The minimum atomic E-state index is 0. The Kier molecular flexibility index (Phi) is 12.9. The summed E-state index contributed by atoms with van der Waals surface area (Å²) in [5, 5.41) is 0. The van der Waals surface area contributed by atoms with E-state index >= 15 is 0 Å². The van der Waals surface area contributed by atoms with Crippen molar-refractivity contribution in [2.45, 2.75) is 26.7 Å². The average molecular weight is 336 g/mol. The summed E-state index contributed by atoms with van der Waals surface area (Å²) in [6.45, 7) is 8.02. The smallest absolute Gasteiger partial charge is 0.00158 e. The molecule has 0 unspecified atom stereocenters. The van der Waals surface area contributed by atoms with E-state index in [1.165, 1.54) is 38.0 Å². The van der Waals surface area contributed by atoms with E-state index in [1.807, 2.05) is 0 Å². The molecule has 0 atom stereocenters. The molecule has 0 heterocycles. The van der Waals surface area contributed by atoms with Crippen LogP contribution in [0, 0.1) is 0 Å². The van der Waals surface area contributed by atoms with Gasteiger partial charge in [-0.2, -0.15) is 0 Å². The first kappa shape index (κ1) is 18.2. The molecule has 0 fully saturated rings. The average Bonchev–Trinajstić information content (AvgIpc) is 2.26. The first-order valence-electron chi connectivity index (χ1n) is 5.63. The van der Waals surface area contributed by atoms with E-state index in [0.717, 1.165) is 0 Å². The summed E-state index contributed by atoms with van der Waals surface area (Å²) < 4.78 is 0. The van der Waals surface area contributed by atoms with Crippen molar-refractivity contribution in [1.82, 2.24) is 11.1 Å². The predicted octanol–water partition coefficient (Wildman–Crippen LogP) is 3.74. The maximum absolute atomic E-state index is 2.48. The summed E-state index contributed by atoms with van der Waals surface area (Å²) in [6.07, 6.45) is 2.48. The number of rotatable bonds is 6. The van der Waals surface area contributed by atoms with Crippen molar-refractivity contribution in [3.05, 3.63) is 35.9 Å². The van der Waals surface area contributed by atoms with E-state index < -0.39 is 0 Å². The Bertz CT molecular complexity index is 235.